The maximum Gasteiger partial charge on any atom is 0.269 e. The largest absolute Gasteiger partial charge is 0.489 e. The van der Waals surface area contributed by atoms with E-state index in [1.54, 1.807) is 36.4 Å². The number of hydrogen-bond acceptors (Lipinski definition) is 5. The van der Waals surface area contributed by atoms with Crippen LogP contribution < -0.4 is 9.47 Å². The molecule has 6 nitrogen and oxygen atoms in total. The van der Waals surface area contributed by atoms with Gasteiger partial charge in [-0.2, -0.15) is 0 Å². The van der Waals surface area contributed by atoms with Crippen LogP contribution in [-0.4, -0.2) is 10.7 Å². The van der Waals surface area contributed by atoms with E-state index in [0.29, 0.717) is 29.2 Å². The number of benzene rings is 3. The van der Waals surface area contributed by atoms with E-state index in [9.17, 15) is 14.9 Å². The first-order valence-corrected chi connectivity index (χ1v) is 8.59. The van der Waals surface area contributed by atoms with Gasteiger partial charge in [-0.15, -0.1) is 0 Å². The minimum absolute atomic E-state index is 0.00990. The Labute approximate surface area is 160 Å². The Kier molecular flexibility index (Phi) is 4.60. The van der Waals surface area contributed by atoms with Crippen molar-refractivity contribution in [2.75, 3.05) is 0 Å². The molecule has 0 aliphatic carbocycles. The Bertz CT molecular complexity index is 1070. The van der Waals surface area contributed by atoms with Crippen molar-refractivity contribution in [3.05, 3.63) is 105 Å². The molecule has 0 fully saturated rings. The molecular formula is C22H15NO5. The van der Waals surface area contributed by atoms with Crippen molar-refractivity contribution in [1.29, 1.82) is 0 Å². The molecule has 3 aromatic carbocycles. The van der Waals surface area contributed by atoms with Gasteiger partial charge in [-0.3, -0.25) is 14.9 Å². The number of Topliss-reactive ketones (excluding diaryl/α,β-unsaturated/α-hetero) is 1. The van der Waals surface area contributed by atoms with Gasteiger partial charge in [0, 0.05) is 18.2 Å². The number of nitrogens with zero attached hydrogens (tertiary/aromatic N) is 1. The summed E-state index contributed by atoms with van der Waals surface area (Å²) in [6.45, 7) is 0.416. The maximum atomic E-state index is 12.5. The van der Waals surface area contributed by atoms with E-state index >= 15 is 0 Å². The third kappa shape index (κ3) is 3.61. The van der Waals surface area contributed by atoms with E-state index in [0.717, 1.165) is 5.56 Å². The number of fused-ring (bicyclic) bond motifs is 1. The van der Waals surface area contributed by atoms with Gasteiger partial charge in [0.2, 0.25) is 5.78 Å². The Hall–Kier alpha value is -3.93. The summed E-state index contributed by atoms with van der Waals surface area (Å²) in [7, 11) is 0. The number of nitro groups is 1. The zero-order valence-electron chi connectivity index (χ0n) is 14.7. The quantitative estimate of drug-likeness (QED) is 0.365. The number of non-ortho nitro benzene ring substituents is 1. The second-order valence-electron chi connectivity index (χ2n) is 6.22. The highest BCUT2D eigenvalue weighted by molar-refractivity contribution is 6.14. The molecule has 0 radical (unpaired) electrons. The van der Waals surface area contributed by atoms with Crippen molar-refractivity contribution >= 4 is 17.5 Å². The summed E-state index contributed by atoms with van der Waals surface area (Å²) in [5, 5.41) is 10.7. The lowest BCUT2D eigenvalue weighted by atomic mass is 10.1. The molecule has 1 aliphatic heterocycles. The van der Waals surface area contributed by atoms with Gasteiger partial charge in [0.1, 0.15) is 18.1 Å². The number of ether oxygens (including phenoxy) is 2. The van der Waals surface area contributed by atoms with Crippen LogP contribution in [0.1, 0.15) is 21.5 Å². The SMILES string of the molecule is O=C1/C(=C/c2ccc([N+](=O)[O-])cc2)Oc2cc(OCc3ccccc3)ccc21. The summed E-state index contributed by atoms with van der Waals surface area (Å²) in [5.74, 6) is 0.975. The van der Waals surface area contributed by atoms with E-state index in [1.807, 2.05) is 30.3 Å². The topological polar surface area (TPSA) is 78.7 Å². The van der Waals surface area contributed by atoms with Crippen LogP contribution in [0.25, 0.3) is 6.08 Å². The Balaban J connectivity index is 1.50. The minimum Gasteiger partial charge on any atom is -0.489 e. The van der Waals surface area contributed by atoms with Gasteiger partial charge in [-0.25, -0.2) is 0 Å². The number of carbonyl (C=O) groups is 1. The van der Waals surface area contributed by atoms with E-state index < -0.39 is 4.92 Å². The highest BCUT2D eigenvalue weighted by atomic mass is 16.6. The van der Waals surface area contributed by atoms with Crippen molar-refractivity contribution in [3.63, 3.8) is 0 Å². The molecule has 0 atom stereocenters. The first-order valence-electron chi connectivity index (χ1n) is 8.59. The van der Waals surface area contributed by atoms with E-state index in [4.69, 9.17) is 9.47 Å². The number of nitro benzene ring substituents is 1. The van der Waals surface area contributed by atoms with Crippen LogP contribution in [0.2, 0.25) is 0 Å². The van der Waals surface area contributed by atoms with Gasteiger partial charge in [0.05, 0.1) is 10.5 Å². The van der Waals surface area contributed by atoms with Gasteiger partial charge in [-0.1, -0.05) is 30.3 Å². The molecule has 0 bridgehead atoms. The number of allylic oxidation sites excluding steroid dienone is 1. The van der Waals surface area contributed by atoms with Crippen LogP contribution >= 0.6 is 0 Å². The summed E-state index contributed by atoms with van der Waals surface area (Å²) < 4.78 is 11.5. The molecule has 0 unspecified atom stereocenters. The van der Waals surface area contributed by atoms with Gasteiger partial charge < -0.3 is 9.47 Å². The molecule has 3 aromatic rings. The van der Waals surface area contributed by atoms with Gasteiger partial charge >= 0.3 is 0 Å². The van der Waals surface area contributed by atoms with Crippen LogP contribution in [0.3, 0.4) is 0 Å². The standard InChI is InChI=1S/C22H15NO5/c24-22-19-11-10-18(27-14-16-4-2-1-3-5-16)13-20(19)28-21(22)12-15-6-8-17(9-7-15)23(25)26/h1-13H,14H2/b21-12-. The third-order valence-corrected chi connectivity index (χ3v) is 4.29. The van der Waals surface area contributed by atoms with Gasteiger partial charge in [0.15, 0.2) is 5.76 Å². The zero-order valence-corrected chi connectivity index (χ0v) is 14.7. The lowest BCUT2D eigenvalue weighted by Crippen LogP contribution is -1.98. The highest BCUT2D eigenvalue weighted by Gasteiger charge is 2.27. The molecule has 4 rings (SSSR count). The van der Waals surface area contributed by atoms with Gasteiger partial charge in [-0.05, 0) is 41.5 Å². The summed E-state index contributed by atoms with van der Waals surface area (Å²) in [4.78, 5) is 22.8. The third-order valence-electron chi connectivity index (χ3n) is 4.29. The monoisotopic (exact) mass is 373 g/mol. The van der Waals surface area contributed by atoms with E-state index in [-0.39, 0.29) is 17.2 Å². The molecule has 6 heteroatoms. The van der Waals surface area contributed by atoms with Crippen molar-refractivity contribution in [3.8, 4) is 11.5 Å². The van der Waals surface area contributed by atoms with Crippen LogP contribution in [-0.2, 0) is 6.61 Å². The van der Waals surface area contributed by atoms with Gasteiger partial charge in [0.25, 0.3) is 5.69 Å². The Morgan fingerprint density at radius 3 is 2.46 bits per heavy atom. The first-order chi connectivity index (χ1) is 13.6. The molecule has 0 spiro atoms. The molecule has 0 amide bonds. The molecule has 0 N–H and O–H groups in total. The number of hydrogen-bond donors (Lipinski definition) is 0. The Morgan fingerprint density at radius 2 is 1.75 bits per heavy atom. The van der Waals surface area contributed by atoms with Crippen LogP contribution in [0.15, 0.2) is 78.6 Å². The zero-order chi connectivity index (χ0) is 19.5. The second-order valence-corrected chi connectivity index (χ2v) is 6.22. The predicted molar refractivity (Wildman–Crippen MR) is 103 cm³/mol. The first kappa shape index (κ1) is 17.5. The van der Waals surface area contributed by atoms with Crippen LogP contribution in [0.4, 0.5) is 5.69 Å². The van der Waals surface area contributed by atoms with Crippen LogP contribution in [0.5, 0.6) is 11.5 Å². The number of rotatable bonds is 5. The average Bonchev–Trinajstić information content (AvgIpc) is 3.02. The van der Waals surface area contributed by atoms with Crippen molar-refractivity contribution in [2.24, 2.45) is 0 Å². The molecule has 1 aliphatic rings. The van der Waals surface area contributed by atoms with Crippen molar-refractivity contribution in [1.82, 2.24) is 0 Å². The number of ketones is 1. The van der Waals surface area contributed by atoms with Crippen molar-refractivity contribution < 1.29 is 19.2 Å². The highest BCUT2D eigenvalue weighted by Crippen LogP contribution is 2.35. The lowest BCUT2D eigenvalue weighted by molar-refractivity contribution is -0.384. The molecule has 1 heterocycles. The van der Waals surface area contributed by atoms with E-state index in [1.165, 1.54) is 12.1 Å². The lowest BCUT2D eigenvalue weighted by Gasteiger charge is -2.07. The fourth-order valence-electron chi connectivity index (χ4n) is 2.84. The summed E-state index contributed by atoms with van der Waals surface area (Å²) in [5.41, 5.74) is 2.13. The average molecular weight is 373 g/mol. The summed E-state index contributed by atoms with van der Waals surface area (Å²) >= 11 is 0. The molecule has 0 aromatic heterocycles. The fraction of sp³-hybridized carbons (Fsp3) is 0.0455. The maximum absolute atomic E-state index is 12.5. The van der Waals surface area contributed by atoms with E-state index in [2.05, 4.69) is 0 Å². The molecule has 28 heavy (non-hydrogen) atoms. The van der Waals surface area contributed by atoms with Crippen molar-refractivity contribution in [2.45, 2.75) is 6.61 Å². The molecule has 0 saturated heterocycles. The smallest absolute Gasteiger partial charge is 0.269 e. The number of carbonyl (C=O) groups excluding carboxylic acids is 1. The fourth-order valence-corrected chi connectivity index (χ4v) is 2.84. The molecular weight excluding hydrogens is 358 g/mol. The Morgan fingerprint density at radius 1 is 1.00 bits per heavy atom. The molecule has 138 valence electrons. The second kappa shape index (κ2) is 7.36. The normalized spacial score (nSPS) is 13.9. The summed E-state index contributed by atoms with van der Waals surface area (Å²) in [6.07, 6.45) is 1.57. The minimum atomic E-state index is -0.471. The predicted octanol–water partition coefficient (Wildman–Crippen LogP) is 4.79. The van der Waals surface area contributed by atoms with Crippen LogP contribution in [0, 0.1) is 10.1 Å². The molecule has 0 saturated carbocycles. The summed E-state index contributed by atoms with van der Waals surface area (Å²) in [6, 6.07) is 20.8.